The summed E-state index contributed by atoms with van der Waals surface area (Å²) in [6.45, 7) is 4.15. The van der Waals surface area contributed by atoms with E-state index >= 15 is 0 Å². The van der Waals surface area contributed by atoms with Crippen LogP contribution in [0.15, 0.2) is 66.7 Å². The summed E-state index contributed by atoms with van der Waals surface area (Å²) in [5.74, 6) is 2.16. The van der Waals surface area contributed by atoms with Gasteiger partial charge in [0.25, 0.3) is 0 Å². The average Bonchev–Trinajstić information content (AvgIpc) is 3.21. The second-order valence-corrected chi connectivity index (χ2v) is 8.12. The monoisotopic (exact) mass is 459 g/mol. The quantitative estimate of drug-likeness (QED) is 0.364. The van der Waals surface area contributed by atoms with Crippen LogP contribution in [0.1, 0.15) is 13.8 Å². The van der Waals surface area contributed by atoms with Gasteiger partial charge in [-0.25, -0.2) is 4.98 Å². The highest BCUT2D eigenvalue weighted by molar-refractivity contribution is 5.95. The van der Waals surface area contributed by atoms with Crippen molar-refractivity contribution in [1.29, 1.82) is 0 Å². The number of nitrogens with zero attached hydrogens (tertiary/aromatic N) is 3. The van der Waals surface area contributed by atoms with Gasteiger partial charge in [-0.2, -0.15) is 0 Å². The number of imidazole rings is 1. The molecule has 0 fully saturated rings. The van der Waals surface area contributed by atoms with Crippen LogP contribution >= 0.6 is 0 Å². The normalized spacial score (nSPS) is 11.0. The fraction of sp³-hybridized carbons (Fsp3) is 0.259. The van der Waals surface area contributed by atoms with Gasteiger partial charge in [0.2, 0.25) is 11.7 Å². The Hall–Kier alpha value is -4.00. The molecule has 0 spiro atoms. The molecule has 7 nitrogen and oxygen atoms in total. The van der Waals surface area contributed by atoms with E-state index in [2.05, 4.69) is 0 Å². The SMILES string of the molecule is COc1cc(-c2nc3ccccc3n2CC(=O)N(c2ccccc2)C(C)C)cc(OC)c1OC. The van der Waals surface area contributed by atoms with E-state index in [0.29, 0.717) is 23.1 Å². The molecule has 0 aliphatic rings. The molecule has 0 N–H and O–H groups in total. The number of benzene rings is 3. The van der Waals surface area contributed by atoms with Crippen LogP contribution in [0.3, 0.4) is 0 Å². The molecule has 34 heavy (non-hydrogen) atoms. The fourth-order valence-electron chi connectivity index (χ4n) is 4.20. The average molecular weight is 460 g/mol. The van der Waals surface area contributed by atoms with Crippen molar-refractivity contribution in [2.24, 2.45) is 0 Å². The molecule has 4 rings (SSSR count). The molecule has 0 aliphatic heterocycles. The predicted octanol–water partition coefficient (Wildman–Crippen LogP) is 5.17. The van der Waals surface area contributed by atoms with E-state index in [1.165, 1.54) is 0 Å². The summed E-state index contributed by atoms with van der Waals surface area (Å²) >= 11 is 0. The summed E-state index contributed by atoms with van der Waals surface area (Å²) < 4.78 is 18.5. The summed E-state index contributed by atoms with van der Waals surface area (Å²) in [5.41, 5.74) is 3.29. The second kappa shape index (κ2) is 9.87. The lowest BCUT2D eigenvalue weighted by molar-refractivity contribution is -0.119. The summed E-state index contributed by atoms with van der Waals surface area (Å²) in [6.07, 6.45) is 0. The molecule has 0 atom stereocenters. The van der Waals surface area contributed by atoms with Gasteiger partial charge in [-0.05, 0) is 50.2 Å². The van der Waals surface area contributed by atoms with Gasteiger partial charge >= 0.3 is 0 Å². The highest BCUT2D eigenvalue weighted by atomic mass is 16.5. The van der Waals surface area contributed by atoms with Crippen molar-refractivity contribution in [2.45, 2.75) is 26.4 Å². The minimum Gasteiger partial charge on any atom is -0.493 e. The molecule has 0 radical (unpaired) electrons. The number of ether oxygens (including phenoxy) is 3. The van der Waals surface area contributed by atoms with Crippen LogP contribution in [0.4, 0.5) is 5.69 Å². The van der Waals surface area contributed by atoms with Gasteiger partial charge < -0.3 is 23.7 Å². The largest absolute Gasteiger partial charge is 0.493 e. The lowest BCUT2D eigenvalue weighted by Crippen LogP contribution is -2.39. The number of anilines is 1. The van der Waals surface area contributed by atoms with Crippen molar-refractivity contribution in [3.8, 4) is 28.6 Å². The molecule has 0 bridgehead atoms. The Morgan fingerprint density at radius 1 is 0.912 bits per heavy atom. The van der Waals surface area contributed by atoms with Gasteiger partial charge in [-0.3, -0.25) is 4.79 Å². The zero-order valence-electron chi connectivity index (χ0n) is 20.1. The first kappa shape index (κ1) is 23.2. The van der Waals surface area contributed by atoms with Crippen LogP contribution < -0.4 is 19.1 Å². The third-order valence-corrected chi connectivity index (χ3v) is 5.69. The van der Waals surface area contributed by atoms with E-state index in [4.69, 9.17) is 19.2 Å². The first-order chi connectivity index (χ1) is 16.5. The van der Waals surface area contributed by atoms with Crippen LogP contribution in [-0.4, -0.2) is 42.8 Å². The van der Waals surface area contributed by atoms with E-state index in [1.54, 1.807) is 21.3 Å². The maximum atomic E-state index is 13.6. The number of carbonyl (C=O) groups is 1. The lowest BCUT2D eigenvalue weighted by atomic mass is 10.1. The molecular weight excluding hydrogens is 430 g/mol. The van der Waals surface area contributed by atoms with Crippen LogP contribution in [0.2, 0.25) is 0 Å². The van der Waals surface area contributed by atoms with E-state index in [1.807, 2.05) is 90.0 Å². The minimum absolute atomic E-state index is 0.00527. The van der Waals surface area contributed by atoms with Crippen molar-refractivity contribution in [1.82, 2.24) is 9.55 Å². The number of para-hydroxylation sites is 3. The number of amides is 1. The zero-order chi connectivity index (χ0) is 24.2. The Balaban J connectivity index is 1.84. The Morgan fingerprint density at radius 3 is 2.12 bits per heavy atom. The number of hydrogen-bond acceptors (Lipinski definition) is 5. The molecule has 4 aromatic rings. The second-order valence-electron chi connectivity index (χ2n) is 8.12. The Labute approximate surface area is 199 Å². The maximum absolute atomic E-state index is 13.6. The molecule has 0 unspecified atom stereocenters. The molecule has 1 aromatic heterocycles. The molecule has 1 amide bonds. The van der Waals surface area contributed by atoms with Gasteiger partial charge in [-0.15, -0.1) is 0 Å². The van der Waals surface area contributed by atoms with Gasteiger partial charge in [0.15, 0.2) is 11.5 Å². The molecular formula is C27H29N3O4. The molecule has 7 heteroatoms. The Kier molecular flexibility index (Phi) is 6.72. The first-order valence-electron chi connectivity index (χ1n) is 11.1. The van der Waals surface area contributed by atoms with Crippen molar-refractivity contribution in [3.05, 3.63) is 66.7 Å². The smallest absolute Gasteiger partial charge is 0.247 e. The van der Waals surface area contributed by atoms with Crippen LogP contribution in [0.25, 0.3) is 22.4 Å². The van der Waals surface area contributed by atoms with Crippen molar-refractivity contribution >= 4 is 22.6 Å². The Morgan fingerprint density at radius 2 is 1.53 bits per heavy atom. The number of hydrogen-bond donors (Lipinski definition) is 0. The molecule has 0 saturated heterocycles. The summed E-state index contributed by atoms with van der Waals surface area (Å²) in [7, 11) is 4.72. The van der Waals surface area contributed by atoms with E-state index < -0.39 is 0 Å². The van der Waals surface area contributed by atoms with E-state index in [-0.39, 0.29) is 18.5 Å². The lowest BCUT2D eigenvalue weighted by Gasteiger charge is -2.27. The van der Waals surface area contributed by atoms with Gasteiger partial charge in [0, 0.05) is 17.3 Å². The van der Waals surface area contributed by atoms with Crippen molar-refractivity contribution in [3.63, 3.8) is 0 Å². The highest BCUT2D eigenvalue weighted by Crippen LogP contribution is 2.41. The minimum atomic E-state index is -0.0296. The van der Waals surface area contributed by atoms with Gasteiger partial charge in [-0.1, -0.05) is 30.3 Å². The van der Waals surface area contributed by atoms with Gasteiger partial charge in [0.05, 0.1) is 32.4 Å². The zero-order valence-corrected chi connectivity index (χ0v) is 20.1. The topological polar surface area (TPSA) is 65.8 Å². The standard InChI is InChI=1S/C27H29N3O4/c1-18(2)30(20-11-7-6-8-12-20)25(31)17-29-22-14-10-9-13-21(22)28-27(29)19-15-23(32-3)26(34-5)24(16-19)33-4/h6-16,18H,17H2,1-5H3. The molecule has 176 valence electrons. The van der Waals surface area contributed by atoms with Crippen LogP contribution in [0.5, 0.6) is 17.2 Å². The molecule has 0 aliphatic carbocycles. The van der Waals surface area contributed by atoms with E-state index in [0.717, 1.165) is 22.3 Å². The summed E-state index contributed by atoms with van der Waals surface area (Å²) in [5, 5.41) is 0. The van der Waals surface area contributed by atoms with E-state index in [9.17, 15) is 4.79 Å². The Bertz CT molecular complexity index is 1270. The third-order valence-electron chi connectivity index (χ3n) is 5.69. The maximum Gasteiger partial charge on any atom is 0.247 e. The van der Waals surface area contributed by atoms with Crippen LogP contribution in [0, 0.1) is 0 Å². The van der Waals surface area contributed by atoms with Crippen LogP contribution in [-0.2, 0) is 11.3 Å². The number of rotatable bonds is 8. The summed E-state index contributed by atoms with van der Waals surface area (Å²) in [4.78, 5) is 20.3. The fourth-order valence-corrected chi connectivity index (χ4v) is 4.20. The highest BCUT2D eigenvalue weighted by Gasteiger charge is 2.24. The first-order valence-corrected chi connectivity index (χ1v) is 11.1. The van der Waals surface area contributed by atoms with Gasteiger partial charge in [0.1, 0.15) is 12.4 Å². The van der Waals surface area contributed by atoms with Crippen molar-refractivity contribution in [2.75, 3.05) is 26.2 Å². The molecule has 1 heterocycles. The van der Waals surface area contributed by atoms with Crippen molar-refractivity contribution < 1.29 is 19.0 Å². The predicted molar refractivity (Wildman–Crippen MR) is 134 cm³/mol. The summed E-state index contributed by atoms with van der Waals surface area (Å²) in [6, 6.07) is 21.2. The number of carbonyl (C=O) groups excluding carboxylic acids is 1. The number of fused-ring (bicyclic) bond motifs is 1. The molecule has 3 aromatic carbocycles. The third kappa shape index (κ3) is 4.29. The molecule has 0 saturated carbocycles. The number of aromatic nitrogens is 2. The number of methoxy groups -OCH3 is 3.